The SMILES string of the molecule is CC(C)OCC1OCCC(O)C1OP(C)(=O)OC(C)C. The van der Waals surface area contributed by atoms with E-state index in [4.69, 9.17) is 18.5 Å². The molecule has 1 heterocycles. The molecule has 0 aliphatic carbocycles. The summed E-state index contributed by atoms with van der Waals surface area (Å²) in [6.07, 6.45) is -1.57. The summed E-state index contributed by atoms with van der Waals surface area (Å²) in [5.74, 6) is 0. The van der Waals surface area contributed by atoms with Crippen LogP contribution >= 0.6 is 7.60 Å². The van der Waals surface area contributed by atoms with Gasteiger partial charge >= 0.3 is 7.60 Å². The molecule has 1 aliphatic rings. The highest BCUT2D eigenvalue weighted by atomic mass is 31.2. The van der Waals surface area contributed by atoms with Crippen LogP contribution in [0.3, 0.4) is 0 Å². The van der Waals surface area contributed by atoms with Gasteiger partial charge in [0.1, 0.15) is 12.2 Å². The lowest BCUT2D eigenvalue weighted by Gasteiger charge is -2.36. The van der Waals surface area contributed by atoms with Gasteiger partial charge in [0, 0.05) is 13.3 Å². The van der Waals surface area contributed by atoms with E-state index in [0.29, 0.717) is 19.6 Å². The molecule has 0 amide bonds. The standard InChI is InChI=1S/C13H27O6P/c1-9(2)17-8-12-13(11(14)6-7-16-12)19-20(5,15)18-10(3)4/h9-14H,6-8H2,1-5H3. The van der Waals surface area contributed by atoms with Crippen LogP contribution in [-0.2, 0) is 23.1 Å². The minimum Gasteiger partial charge on any atom is -0.390 e. The molecule has 7 heteroatoms. The molecule has 0 aromatic carbocycles. The smallest absolute Gasteiger partial charge is 0.328 e. The third kappa shape index (κ3) is 6.20. The highest BCUT2D eigenvalue weighted by Gasteiger charge is 2.39. The van der Waals surface area contributed by atoms with Gasteiger partial charge in [-0.2, -0.15) is 0 Å². The summed E-state index contributed by atoms with van der Waals surface area (Å²) in [6, 6.07) is 0. The van der Waals surface area contributed by atoms with Crippen LogP contribution < -0.4 is 0 Å². The van der Waals surface area contributed by atoms with Gasteiger partial charge in [-0.05, 0) is 34.1 Å². The van der Waals surface area contributed by atoms with E-state index in [9.17, 15) is 9.67 Å². The minimum absolute atomic E-state index is 0.0543. The number of hydrogen-bond donors (Lipinski definition) is 1. The van der Waals surface area contributed by atoms with E-state index in [2.05, 4.69) is 0 Å². The zero-order chi connectivity index (χ0) is 15.3. The first-order chi connectivity index (χ1) is 9.21. The van der Waals surface area contributed by atoms with Gasteiger partial charge < -0.3 is 19.1 Å². The van der Waals surface area contributed by atoms with Crippen LogP contribution in [0.4, 0.5) is 0 Å². The molecule has 4 atom stereocenters. The lowest BCUT2D eigenvalue weighted by molar-refractivity contribution is -0.152. The molecule has 120 valence electrons. The predicted octanol–water partition coefficient (Wildman–Crippen LogP) is 2.19. The summed E-state index contributed by atoms with van der Waals surface area (Å²) in [7, 11) is -3.23. The summed E-state index contributed by atoms with van der Waals surface area (Å²) in [6.45, 7) is 9.55. The first-order valence-electron chi connectivity index (χ1n) is 7.07. The van der Waals surface area contributed by atoms with Crippen LogP contribution in [0.2, 0.25) is 0 Å². The number of aliphatic hydroxyl groups is 1. The largest absolute Gasteiger partial charge is 0.390 e. The van der Waals surface area contributed by atoms with Crippen LogP contribution in [-0.4, -0.2) is 55.5 Å². The molecule has 0 aromatic rings. The topological polar surface area (TPSA) is 74.2 Å². The number of aliphatic hydroxyl groups excluding tert-OH is 1. The van der Waals surface area contributed by atoms with Crippen molar-refractivity contribution in [2.24, 2.45) is 0 Å². The van der Waals surface area contributed by atoms with E-state index >= 15 is 0 Å². The quantitative estimate of drug-likeness (QED) is 0.727. The lowest BCUT2D eigenvalue weighted by Crippen LogP contribution is -2.48. The molecule has 1 aliphatic heterocycles. The fourth-order valence-electron chi connectivity index (χ4n) is 2.04. The van der Waals surface area contributed by atoms with Crippen LogP contribution in [0.1, 0.15) is 34.1 Å². The van der Waals surface area contributed by atoms with Crippen molar-refractivity contribution >= 4 is 7.60 Å². The van der Waals surface area contributed by atoms with E-state index in [1.807, 2.05) is 13.8 Å². The maximum Gasteiger partial charge on any atom is 0.328 e. The summed E-state index contributed by atoms with van der Waals surface area (Å²) in [4.78, 5) is 0. The fraction of sp³-hybridized carbons (Fsp3) is 1.00. The molecule has 0 radical (unpaired) electrons. The molecule has 0 aromatic heterocycles. The third-order valence-electron chi connectivity index (χ3n) is 2.80. The Morgan fingerprint density at radius 2 is 1.95 bits per heavy atom. The van der Waals surface area contributed by atoms with Gasteiger partial charge in [-0.25, -0.2) is 0 Å². The summed E-state index contributed by atoms with van der Waals surface area (Å²) >= 11 is 0. The Kier molecular flexibility index (Phi) is 7.12. The Morgan fingerprint density at radius 1 is 1.30 bits per heavy atom. The van der Waals surface area contributed by atoms with Gasteiger partial charge in [0.15, 0.2) is 0 Å². The van der Waals surface area contributed by atoms with Gasteiger partial charge in [-0.3, -0.25) is 9.09 Å². The average Bonchev–Trinajstić information content (AvgIpc) is 2.27. The molecule has 4 unspecified atom stereocenters. The van der Waals surface area contributed by atoms with Gasteiger partial charge in [-0.15, -0.1) is 0 Å². The number of hydrogen-bond acceptors (Lipinski definition) is 6. The molecule has 1 N–H and O–H groups in total. The van der Waals surface area contributed by atoms with Crippen LogP contribution in [0.25, 0.3) is 0 Å². The van der Waals surface area contributed by atoms with Crippen molar-refractivity contribution < 1.29 is 28.2 Å². The Balaban J connectivity index is 2.67. The summed E-state index contributed by atoms with van der Waals surface area (Å²) in [5.41, 5.74) is 0. The van der Waals surface area contributed by atoms with Crippen LogP contribution in [0.15, 0.2) is 0 Å². The zero-order valence-corrected chi connectivity index (χ0v) is 13.8. The molecule has 0 saturated carbocycles. The summed E-state index contributed by atoms with van der Waals surface area (Å²) in [5, 5.41) is 10.1. The Morgan fingerprint density at radius 3 is 2.50 bits per heavy atom. The maximum atomic E-state index is 12.3. The van der Waals surface area contributed by atoms with Crippen molar-refractivity contribution in [1.29, 1.82) is 0 Å². The molecule has 1 rings (SSSR count). The molecule has 1 saturated heterocycles. The lowest BCUT2D eigenvalue weighted by atomic mass is 10.0. The molecular weight excluding hydrogens is 283 g/mol. The normalized spacial score (nSPS) is 30.7. The fourth-order valence-corrected chi connectivity index (χ4v) is 3.58. The van der Waals surface area contributed by atoms with Gasteiger partial charge in [0.05, 0.1) is 24.9 Å². The van der Waals surface area contributed by atoms with E-state index in [0.717, 1.165) is 0 Å². The zero-order valence-electron chi connectivity index (χ0n) is 12.9. The highest BCUT2D eigenvalue weighted by Crippen LogP contribution is 2.48. The van der Waals surface area contributed by atoms with Crippen molar-refractivity contribution in [3.05, 3.63) is 0 Å². The van der Waals surface area contributed by atoms with Crippen molar-refractivity contribution in [3.8, 4) is 0 Å². The third-order valence-corrected chi connectivity index (χ3v) is 4.23. The molecule has 6 nitrogen and oxygen atoms in total. The molecule has 20 heavy (non-hydrogen) atoms. The van der Waals surface area contributed by atoms with Gasteiger partial charge in [0.25, 0.3) is 0 Å². The van der Waals surface area contributed by atoms with E-state index < -0.39 is 25.9 Å². The van der Waals surface area contributed by atoms with Crippen LogP contribution in [0.5, 0.6) is 0 Å². The maximum absolute atomic E-state index is 12.3. The van der Waals surface area contributed by atoms with Crippen molar-refractivity contribution in [2.75, 3.05) is 19.9 Å². The van der Waals surface area contributed by atoms with Crippen molar-refractivity contribution in [2.45, 2.75) is 64.6 Å². The minimum atomic E-state index is -3.23. The second-order valence-corrected chi connectivity index (χ2v) is 7.61. The average molecular weight is 310 g/mol. The monoisotopic (exact) mass is 310 g/mol. The van der Waals surface area contributed by atoms with E-state index in [-0.39, 0.29) is 12.2 Å². The number of rotatable bonds is 7. The van der Waals surface area contributed by atoms with E-state index in [1.165, 1.54) is 6.66 Å². The Labute approximate surface area is 121 Å². The molecule has 0 spiro atoms. The van der Waals surface area contributed by atoms with Gasteiger partial charge in [0.2, 0.25) is 0 Å². The number of ether oxygens (including phenoxy) is 2. The predicted molar refractivity (Wildman–Crippen MR) is 76.1 cm³/mol. The molecule has 0 bridgehead atoms. The Bertz CT molecular complexity index is 333. The second-order valence-electron chi connectivity index (χ2n) is 5.64. The van der Waals surface area contributed by atoms with Gasteiger partial charge in [-0.1, -0.05) is 0 Å². The molecule has 1 fully saturated rings. The second kappa shape index (κ2) is 7.87. The van der Waals surface area contributed by atoms with E-state index in [1.54, 1.807) is 13.8 Å². The molecular formula is C13H27O6P. The Hall–Kier alpha value is 0.0300. The van der Waals surface area contributed by atoms with Crippen molar-refractivity contribution in [3.63, 3.8) is 0 Å². The van der Waals surface area contributed by atoms with Crippen molar-refractivity contribution in [1.82, 2.24) is 0 Å². The first-order valence-corrected chi connectivity index (χ1v) is 9.06. The highest BCUT2D eigenvalue weighted by molar-refractivity contribution is 7.53. The van der Waals surface area contributed by atoms with Crippen LogP contribution in [0, 0.1) is 0 Å². The first kappa shape index (κ1) is 18.1. The summed E-state index contributed by atoms with van der Waals surface area (Å²) < 4.78 is 34.2.